The molecule has 0 bridgehead atoms. The topological polar surface area (TPSA) is 127 Å². The van der Waals surface area contributed by atoms with Gasteiger partial charge >= 0.3 is 6.36 Å². The highest BCUT2D eigenvalue weighted by Gasteiger charge is 2.32. The van der Waals surface area contributed by atoms with Crippen LogP contribution in [0.25, 0.3) is 0 Å². The highest BCUT2D eigenvalue weighted by atomic mass is 19.4. The van der Waals surface area contributed by atoms with Crippen molar-refractivity contribution in [3.8, 4) is 5.75 Å². The number of rotatable bonds is 6. The Kier molecular flexibility index (Phi) is 6.74. The molecule has 1 amide bonds. The van der Waals surface area contributed by atoms with Crippen LogP contribution in [0.3, 0.4) is 0 Å². The number of benzene rings is 1. The highest BCUT2D eigenvalue weighted by molar-refractivity contribution is 5.99. The van der Waals surface area contributed by atoms with Gasteiger partial charge in [-0.3, -0.25) is 4.79 Å². The molecule has 6 N–H and O–H groups in total. The maximum absolute atomic E-state index is 12.9. The molecule has 2 aliphatic rings. The molecule has 184 valence electrons. The summed E-state index contributed by atoms with van der Waals surface area (Å²) in [7, 11) is 0. The lowest BCUT2D eigenvalue weighted by Gasteiger charge is -2.34. The number of ether oxygens (including phenoxy) is 1. The van der Waals surface area contributed by atoms with Crippen LogP contribution < -0.4 is 21.5 Å². The van der Waals surface area contributed by atoms with E-state index in [0.717, 1.165) is 36.2 Å². The summed E-state index contributed by atoms with van der Waals surface area (Å²) < 4.78 is 41.1. The number of pyridine rings is 1. The third kappa shape index (κ3) is 5.46. The van der Waals surface area contributed by atoms with Crippen molar-refractivity contribution in [1.82, 2.24) is 9.88 Å². The third-order valence-corrected chi connectivity index (χ3v) is 6.50. The van der Waals surface area contributed by atoms with E-state index in [1.165, 1.54) is 6.07 Å². The Labute approximate surface area is 195 Å². The number of piperidine rings is 1. The molecule has 1 aromatic carbocycles. The zero-order valence-corrected chi connectivity index (χ0v) is 18.5. The highest BCUT2D eigenvalue weighted by Crippen LogP contribution is 2.37. The number of nitrogens with zero attached hydrogens (tertiary/aromatic N) is 2. The molecule has 8 nitrogen and oxygen atoms in total. The molecule has 1 aromatic heterocycles. The van der Waals surface area contributed by atoms with Crippen LogP contribution in [0.1, 0.15) is 47.5 Å². The van der Waals surface area contributed by atoms with E-state index in [2.05, 4.69) is 15.0 Å². The summed E-state index contributed by atoms with van der Waals surface area (Å²) >= 11 is 0. The van der Waals surface area contributed by atoms with Gasteiger partial charge in [-0.15, -0.1) is 13.2 Å². The summed E-state index contributed by atoms with van der Waals surface area (Å²) in [5.41, 5.74) is 13.9. The molecule has 34 heavy (non-hydrogen) atoms. The van der Waals surface area contributed by atoms with Gasteiger partial charge in [0.25, 0.3) is 5.91 Å². The van der Waals surface area contributed by atoms with E-state index in [1.807, 2.05) is 6.07 Å². The molecule has 2 aromatic rings. The van der Waals surface area contributed by atoms with Gasteiger partial charge in [0.15, 0.2) is 0 Å². The number of amides is 1. The summed E-state index contributed by atoms with van der Waals surface area (Å²) in [6.07, 6.45) is -0.441. The standard InChI is InChI=1S/C23H28F3N5O3/c24-23(25,26)34-16-1-2-18(19(27)11-16)22(33)31-7-4-14(5-8-31)17-3-6-29-21(28)20(17)30-12-13-9-15(32)10-13/h1-3,6,11,13-15,30,32H,4-5,7-10,12,27H2,(H2,28,29). The number of carbonyl (C=O) groups is 1. The van der Waals surface area contributed by atoms with Gasteiger partial charge in [0.1, 0.15) is 11.6 Å². The Hall–Kier alpha value is -3.21. The van der Waals surface area contributed by atoms with Crippen LogP contribution in [0.4, 0.5) is 30.4 Å². The van der Waals surface area contributed by atoms with Crippen LogP contribution in [0.2, 0.25) is 0 Å². The quantitative estimate of drug-likeness (QED) is 0.468. The second-order valence-electron chi connectivity index (χ2n) is 8.90. The predicted molar refractivity (Wildman–Crippen MR) is 121 cm³/mol. The number of hydrogen-bond acceptors (Lipinski definition) is 7. The lowest BCUT2D eigenvalue weighted by molar-refractivity contribution is -0.274. The molecule has 0 spiro atoms. The van der Waals surface area contributed by atoms with E-state index < -0.39 is 12.1 Å². The Morgan fingerprint density at radius 2 is 1.91 bits per heavy atom. The van der Waals surface area contributed by atoms with Crippen LogP contribution in [-0.4, -0.2) is 53.0 Å². The van der Waals surface area contributed by atoms with Crippen LogP contribution in [-0.2, 0) is 0 Å². The van der Waals surface area contributed by atoms with Crippen molar-refractivity contribution in [3.05, 3.63) is 41.6 Å². The first-order valence-corrected chi connectivity index (χ1v) is 11.2. The smallest absolute Gasteiger partial charge is 0.406 e. The molecule has 1 aliphatic carbocycles. The van der Waals surface area contributed by atoms with Crippen molar-refractivity contribution in [1.29, 1.82) is 0 Å². The predicted octanol–water partition coefficient (Wildman–Crippen LogP) is 3.35. The maximum atomic E-state index is 12.9. The van der Waals surface area contributed by atoms with Gasteiger partial charge in [-0.2, -0.15) is 0 Å². The zero-order chi connectivity index (χ0) is 24.5. The van der Waals surface area contributed by atoms with E-state index in [0.29, 0.717) is 44.2 Å². The summed E-state index contributed by atoms with van der Waals surface area (Å²) in [5.74, 6) is 0.200. The van der Waals surface area contributed by atoms with E-state index >= 15 is 0 Å². The number of aromatic nitrogens is 1. The summed E-state index contributed by atoms with van der Waals surface area (Å²) in [6, 6.07) is 5.29. The van der Waals surface area contributed by atoms with E-state index in [-0.39, 0.29) is 29.2 Å². The second-order valence-corrected chi connectivity index (χ2v) is 8.90. The molecule has 0 radical (unpaired) electrons. The Bertz CT molecular complexity index is 1030. The number of alkyl halides is 3. The van der Waals surface area contributed by atoms with Crippen molar-refractivity contribution in [2.45, 2.75) is 44.1 Å². The minimum absolute atomic E-state index is 0.0663. The summed E-state index contributed by atoms with van der Waals surface area (Å²) in [4.78, 5) is 18.8. The lowest BCUT2D eigenvalue weighted by Crippen LogP contribution is -2.38. The van der Waals surface area contributed by atoms with Gasteiger partial charge in [0, 0.05) is 37.6 Å². The van der Waals surface area contributed by atoms with Crippen LogP contribution in [0.15, 0.2) is 30.5 Å². The van der Waals surface area contributed by atoms with Gasteiger partial charge in [0.2, 0.25) is 0 Å². The van der Waals surface area contributed by atoms with Gasteiger partial charge < -0.3 is 31.5 Å². The number of nitrogens with two attached hydrogens (primary N) is 2. The Morgan fingerprint density at radius 3 is 2.53 bits per heavy atom. The lowest BCUT2D eigenvalue weighted by atomic mass is 9.82. The van der Waals surface area contributed by atoms with Crippen LogP contribution in [0, 0.1) is 5.92 Å². The average Bonchev–Trinajstić information content (AvgIpc) is 2.75. The Balaban J connectivity index is 1.39. The van der Waals surface area contributed by atoms with E-state index in [4.69, 9.17) is 11.5 Å². The number of likely N-dealkylation sites (tertiary alicyclic amines) is 1. The largest absolute Gasteiger partial charge is 0.573 e. The molecule has 1 saturated heterocycles. The molecule has 0 unspecified atom stereocenters. The van der Waals surface area contributed by atoms with Crippen molar-refractivity contribution in [2.24, 2.45) is 5.92 Å². The minimum atomic E-state index is -4.83. The van der Waals surface area contributed by atoms with Gasteiger partial charge in [-0.1, -0.05) is 0 Å². The SMILES string of the molecule is Nc1cc(OC(F)(F)F)ccc1C(=O)N1CCC(c2ccnc(N)c2NCC2CC(O)C2)CC1. The first-order valence-electron chi connectivity index (χ1n) is 11.2. The molecule has 2 heterocycles. The maximum Gasteiger partial charge on any atom is 0.573 e. The van der Waals surface area contributed by atoms with Crippen molar-refractivity contribution < 1.29 is 27.8 Å². The minimum Gasteiger partial charge on any atom is -0.406 e. The van der Waals surface area contributed by atoms with Crippen molar-refractivity contribution in [2.75, 3.05) is 36.4 Å². The summed E-state index contributed by atoms with van der Waals surface area (Å²) in [5, 5.41) is 12.9. The first kappa shape index (κ1) is 23.9. The molecular formula is C23H28F3N5O3. The fourth-order valence-corrected chi connectivity index (χ4v) is 4.64. The zero-order valence-electron chi connectivity index (χ0n) is 18.5. The van der Waals surface area contributed by atoms with Crippen molar-refractivity contribution >= 4 is 23.1 Å². The van der Waals surface area contributed by atoms with Crippen molar-refractivity contribution in [3.63, 3.8) is 0 Å². The molecule has 1 aliphatic heterocycles. The molecule has 4 rings (SSSR count). The molecule has 0 atom stereocenters. The van der Waals surface area contributed by atoms with Crippen LogP contribution in [0.5, 0.6) is 5.75 Å². The number of anilines is 3. The van der Waals surface area contributed by atoms with Crippen LogP contribution >= 0.6 is 0 Å². The average molecular weight is 480 g/mol. The molecule has 11 heteroatoms. The number of aliphatic hydroxyl groups is 1. The van der Waals surface area contributed by atoms with Gasteiger partial charge in [0.05, 0.1) is 17.4 Å². The fraction of sp³-hybridized carbons (Fsp3) is 0.478. The number of nitrogen functional groups attached to an aromatic ring is 2. The number of carbonyl (C=O) groups excluding carboxylic acids is 1. The molecule has 2 fully saturated rings. The van der Waals surface area contributed by atoms with E-state index in [9.17, 15) is 23.1 Å². The number of aliphatic hydroxyl groups excluding tert-OH is 1. The third-order valence-electron chi connectivity index (χ3n) is 6.50. The second kappa shape index (κ2) is 9.57. The first-order chi connectivity index (χ1) is 16.1. The summed E-state index contributed by atoms with van der Waals surface area (Å²) in [6.45, 7) is 1.66. The fourth-order valence-electron chi connectivity index (χ4n) is 4.64. The van der Waals surface area contributed by atoms with Gasteiger partial charge in [-0.25, -0.2) is 4.98 Å². The monoisotopic (exact) mass is 479 g/mol. The molecular weight excluding hydrogens is 451 g/mol. The number of halogens is 3. The Morgan fingerprint density at radius 1 is 1.21 bits per heavy atom. The molecule has 1 saturated carbocycles. The number of hydrogen-bond donors (Lipinski definition) is 4. The number of nitrogens with one attached hydrogen (secondary N) is 1. The van der Waals surface area contributed by atoms with E-state index in [1.54, 1.807) is 11.1 Å². The van der Waals surface area contributed by atoms with Gasteiger partial charge in [-0.05, 0) is 61.3 Å². The normalized spacial score (nSPS) is 21.1.